The van der Waals surface area contributed by atoms with Crippen LogP contribution in [0.5, 0.6) is 5.75 Å². The highest BCUT2D eigenvalue weighted by Crippen LogP contribution is 2.35. The second kappa shape index (κ2) is 8.55. The van der Waals surface area contributed by atoms with Crippen molar-refractivity contribution in [3.05, 3.63) is 71.8 Å². The van der Waals surface area contributed by atoms with Gasteiger partial charge >= 0.3 is 0 Å². The van der Waals surface area contributed by atoms with Crippen molar-refractivity contribution in [2.24, 2.45) is 0 Å². The number of benzene rings is 3. The molecule has 0 unspecified atom stereocenters. The first-order valence-corrected chi connectivity index (χ1v) is 12.0. The minimum absolute atomic E-state index is 0.358. The van der Waals surface area contributed by atoms with E-state index < -0.39 is 10.0 Å². The highest BCUT2D eigenvalue weighted by molar-refractivity contribution is 7.92. The lowest BCUT2D eigenvalue weighted by Crippen LogP contribution is -2.26. The van der Waals surface area contributed by atoms with Crippen molar-refractivity contribution >= 4 is 33.0 Å². The van der Waals surface area contributed by atoms with Crippen LogP contribution in [0.4, 0.5) is 17.1 Å². The number of ether oxygens (including phenoxy) is 1. The van der Waals surface area contributed by atoms with Crippen LogP contribution in [0, 0.1) is 0 Å². The number of amides is 1. The molecule has 0 saturated carbocycles. The Morgan fingerprint density at radius 3 is 2.53 bits per heavy atom. The van der Waals surface area contributed by atoms with E-state index in [4.69, 9.17) is 4.74 Å². The number of para-hydroxylation sites is 1. The molecule has 1 aliphatic rings. The van der Waals surface area contributed by atoms with Crippen LogP contribution in [0.25, 0.3) is 11.1 Å². The zero-order valence-corrected chi connectivity index (χ0v) is 19.0. The Morgan fingerprint density at radius 1 is 1.06 bits per heavy atom. The number of sulfonamides is 1. The molecule has 7 nitrogen and oxygen atoms in total. The zero-order valence-electron chi connectivity index (χ0n) is 18.2. The SMILES string of the molecule is COc1ccccc1C(=O)Nc1cc(-c2ccc3c(c2)CCN3)ccc1N(C)S(C)(=O)=O. The number of hydrogen-bond acceptors (Lipinski definition) is 5. The van der Waals surface area contributed by atoms with Crippen molar-refractivity contribution < 1.29 is 17.9 Å². The smallest absolute Gasteiger partial charge is 0.259 e. The van der Waals surface area contributed by atoms with Gasteiger partial charge in [0.05, 0.1) is 30.3 Å². The summed E-state index contributed by atoms with van der Waals surface area (Å²) < 4.78 is 30.9. The summed E-state index contributed by atoms with van der Waals surface area (Å²) >= 11 is 0. The van der Waals surface area contributed by atoms with Gasteiger partial charge in [0.15, 0.2) is 0 Å². The van der Waals surface area contributed by atoms with Crippen molar-refractivity contribution in [2.75, 3.05) is 41.9 Å². The van der Waals surface area contributed by atoms with Gasteiger partial charge < -0.3 is 15.4 Å². The van der Waals surface area contributed by atoms with Crippen LogP contribution in [-0.2, 0) is 16.4 Å². The van der Waals surface area contributed by atoms with E-state index in [-0.39, 0.29) is 5.91 Å². The molecule has 0 spiro atoms. The molecule has 8 heteroatoms. The molecule has 32 heavy (non-hydrogen) atoms. The lowest BCUT2D eigenvalue weighted by Gasteiger charge is -2.22. The minimum Gasteiger partial charge on any atom is -0.496 e. The molecule has 1 aliphatic heterocycles. The Kier molecular flexibility index (Phi) is 5.80. The van der Waals surface area contributed by atoms with Crippen LogP contribution >= 0.6 is 0 Å². The van der Waals surface area contributed by atoms with E-state index in [0.29, 0.717) is 22.7 Å². The van der Waals surface area contributed by atoms with Crippen molar-refractivity contribution in [1.82, 2.24) is 0 Å². The maximum absolute atomic E-state index is 13.1. The molecule has 0 radical (unpaired) electrons. The fraction of sp³-hybridized carbons (Fsp3) is 0.208. The first-order valence-electron chi connectivity index (χ1n) is 10.2. The lowest BCUT2D eigenvalue weighted by atomic mass is 10.0. The molecule has 0 aromatic heterocycles. The Labute approximate surface area is 188 Å². The molecule has 0 fully saturated rings. The van der Waals surface area contributed by atoms with Gasteiger partial charge in [-0.3, -0.25) is 9.10 Å². The van der Waals surface area contributed by atoms with E-state index in [1.54, 1.807) is 36.4 Å². The second-order valence-electron chi connectivity index (χ2n) is 7.67. The third-order valence-corrected chi connectivity index (χ3v) is 6.77. The first-order chi connectivity index (χ1) is 15.3. The molecular weight excluding hydrogens is 426 g/mol. The summed E-state index contributed by atoms with van der Waals surface area (Å²) in [6.07, 6.45) is 2.08. The number of carbonyl (C=O) groups excluding carboxylic acids is 1. The van der Waals surface area contributed by atoms with Gasteiger partial charge in [0.25, 0.3) is 5.91 Å². The van der Waals surface area contributed by atoms with Crippen LogP contribution in [0.15, 0.2) is 60.7 Å². The van der Waals surface area contributed by atoms with E-state index in [1.807, 2.05) is 18.2 Å². The molecule has 0 saturated heterocycles. The second-order valence-corrected chi connectivity index (χ2v) is 9.68. The van der Waals surface area contributed by atoms with Crippen LogP contribution in [0.1, 0.15) is 15.9 Å². The van der Waals surface area contributed by atoms with Gasteiger partial charge in [-0.05, 0) is 59.5 Å². The van der Waals surface area contributed by atoms with Crippen molar-refractivity contribution in [1.29, 1.82) is 0 Å². The van der Waals surface area contributed by atoms with Gasteiger partial charge in [-0.1, -0.05) is 24.3 Å². The van der Waals surface area contributed by atoms with Gasteiger partial charge in [0.1, 0.15) is 5.75 Å². The minimum atomic E-state index is -3.53. The van der Waals surface area contributed by atoms with Gasteiger partial charge in [-0.2, -0.15) is 0 Å². The molecular formula is C24H25N3O4S. The molecule has 3 aromatic rings. The molecule has 0 bridgehead atoms. The third-order valence-electron chi connectivity index (χ3n) is 5.58. The molecule has 166 valence electrons. The number of methoxy groups -OCH3 is 1. The Hall–Kier alpha value is -3.52. The van der Waals surface area contributed by atoms with Gasteiger partial charge in [-0.15, -0.1) is 0 Å². The average Bonchev–Trinajstić information content (AvgIpc) is 3.26. The van der Waals surface area contributed by atoms with E-state index in [2.05, 4.69) is 16.7 Å². The summed E-state index contributed by atoms with van der Waals surface area (Å²) in [5.41, 5.74) is 5.37. The number of nitrogens with one attached hydrogen (secondary N) is 2. The van der Waals surface area contributed by atoms with Crippen LogP contribution in [-0.4, -0.2) is 41.3 Å². The Bertz CT molecular complexity index is 1290. The largest absolute Gasteiger partial charge is 0.496 e. The summed E-state index contributed by atoms with van der Waals surface area (Å²) in [6, 6.07) is 18.4. The van der Waals surface area contributed by atoms with E-state index in [1.165, 1.54) is 19.7 Å². The fourth-order valence-corrected chi connectivity index (χ4v) is 4.29. The van der Waals surface area contributed by atoms with Crippen molar-refractivity contribution in [2.45, 2.75) is 6.42 Å². The predicted molar refractivity (Wildman–Crippen MR) is 128 cm³/mol. The van der Waals surface area contributed by atoms with Crippen molar-refractivity contribution in [3.63, 3.8) is 0 Å². The molecule has 1 amide bonds. The van der Waals surface area contributed by atoms with E-state index >= 15 is 0 Å². The first kappa shape index (κ1) is 21.7. The summed E-state index contributed by atoms with van der Waals surface area (Å²) in [5.74, 6) is 0.0474. The number of rotatable bonds is 6. The molecule has 4 rings (SSSR count). The highest BCUT2D eigenvalue weighted by atomic mass is 32.2. The normalized spacial score (nSPS) is 12.6. The predicted octanol–water partition coefficient (Wildman–Crippen LogP) is 3.98. The summed E-state index contributed by atoms with van der Waals surface area (Å²) in [6.45, 7) is 0.914. The summed E-state index contributed by atoms with van der Waals surface area (Å²) in [5, 5.41) is 6.22. The summed E-state index contributed by atoms with van der Waals surface area (Å²) in [4.78, 5) is 13.1. The maximum Gasteiger partial charge on any atom is 0.259 e. The van der Waals surface area contributed by atoms with Gasteiger partial charge in [0, 0.05) is 19.3 Å². The molecule has 0 atom stereocenters. The number of hydrogen-bond donors (Lipinski definition) is 2. The topological polar surface area (TPSA) is 87.7 Å². The van der Waals surface area contributed by atoms with Crippen LogP contribution in [0.3, 0.4) is 0 Å². The van der Waals surface area contributed by atoms with Crippen LogP contribution in [0.2, 0.25) is 0 Å². The van der Waals surface area contributed by atoms with Gasteiger partial charge in [0.2, 0.25) is 10.0 Å². The number of nitrogens with zero attached hydrogens (tertiary/aromatic N) is 1. The van der Waals surface area contributed by atoms with E-state index in [9.17, 15) is 13.2 Å². The zero-order chi connectivity index (χ0) is 22.9. The Balaban J connectivity index is 1.77. The van der Waals surface area contributed by atoms with Crippen LogP contribution < -0.4 is 19.7 Å². The standard InChI is InChI=1S/C24H25N3O4S/c1-27(32(3,29)30)22-11-9-17(16-8-10-20-18(14-16)12-13-25-20)15-21(22)26-24(28)19-6-4-5-7-23(19)31-2/h4-11,14-15,25H,12-13H2,1-3H3,(H,26,28). The highest BCUT2D eigenvalue weighted by Gasteiger charge is 2.20. The lowest BCUT2D eigenvalue weighted by molar-refractivity contribution is 0.102. The average molecular weight is 452 g/mol. The monoisotopic (exact) mass is 451 g/mol. The molecule has 0 aliphatic carbocycles. The number of anilines is 3. The van der Waals surface area contributed by atoms with E-state index in [0.717, 1.165) is 40.3 Å². The summed E-state index contributed by atoms with van der Waals surface area (Å²) in [7, 11) is -0.567. The third kappa shape index (κ3) is 4.27. The molecule has 2 N–H and O–H groups in total. The van der Waals surface area contributed by atoms with Gasteiger partial charge in [-0.25, -0.2) is 8.42 Å². The maximum atomic E-state index is 13.1. The fourth-order valence-electron chi connectivity index (χ4n) is 3.78. The molecule has 1 heterocycles. The Morgan fingerprint density at radius 2 is 1.78 bits per heavy atom. The molecule has 3 aromatic carbocycles. The number of carbonyl (C=O) groups is 1. The number of fused-ring (bicyclic) bond motifs is 1. The van der Waals surface area contributed by atoms with Crippen molar-refractivity contribution in [3.8, 4) is 16.9 Å². The quantitative estimate of drug-likeness (QED) is 0.592.